The highest BCUT2D eigenvalue weighted by Crippen LogP contribution is 2.20. The van der Waals surface area contributed by atoms with Crippen molar-refractivity contribution in [2.24, 2.45) is 11.7 Å². The van der Waals surface area contributed by atoms with E-state index >= 15 is 0 Å². The predicted octanol–water partition coefficient (Wildman–Crippen LogP) is 0.513. The van der Waals surface area contributed by atoms with E-state index in [0.29, 0.717) is 19.3 Å². The molecule has 6 N–H and O–H groups in total. The maximum absolute atomic E-state index is 13.6. The third-order valence-electron chi connectivity index (χ3n) is 6.06. The molecule has 0 aliphatic carbocycles. The van der Waals surface area contributed by atoms with Gasteiger partial charge in [-0.2, -0.15) is 0 Å². The van der Waals surface area contributed by atoms with E-state index in [-0.39, 0.29) is 25.3 Å². The second-order valence-corrected chi connectivity index (χ2v) is 9.51. The molecule has 11 heteroatoms. The van der Waals surface area contributed by atoms with Gasteiger partial charge in [-0.25, -0.2) is 4.79 Å². The van der Waals surface area contributed by atoms with E-state index < -0.39 is 60.2 Å². The molecule has 0 aromatic heterocycles. The number of aliphatic carboxylic acids is 2. The van der Waals surface area contributed by atoms with Crippen molar-refractivity contribution in [1.29, 1.82) is 0 Å². The lowest BCUT2D eigenvalue weighted by atomic mass is 10.0. The van der Waals surface area contributed by atoms with E-state index in [2.05, 4.69) is 10.6 Å². The fraction of sp³-hybridized carbons (Fsp3) is 0.560. The lowest BCUT2D eigenvalue weighted by molar-refractivity contribution is -0.145. The van der Waals surface area contributed by atoms with Gasteiger partial charge in [-0.1, -0.05) is 44.2 Å². The summed E-state index contributed by atoms with van der Waals surface area (Å²) in [6, 6.07) is 5.05. The molecule has 2 rings (SSSR count). The van der Waals surface area contributed by atoms with Crippen LogP contribution in [0.4, 0.5) is 0 Å². The average molecular weight is 505 g/mol. The Morgan fingerprint density at radius 2 is 1.72 bits per heavy atom. The molecule has 1 aliphatic heterocycles. The first-order valence-electron chi connectivity index (χ1n) is 12.1. The lowest BCUT2D eigenvalue weighted by Crippen LogP contribution is -2.57. The highest BCUT2D eigenvalue weighted by molar-refractivity contribution is 5.94. The standard InChI is InChI=1S/C25H36N4O7/c1-15(2)13-17(26)22(32)28-19(14-16-7-4-3-5-8-16)24(34)29-12-6-9-20(29)23(33)27-18(25(35)36)10-11-21(30)31/h3-5,7-8,15,17-20H,6,9-14,26H2,1-2H3,(H,27,33)(H,28,32)(H,30,31)(H,35,36). The highest BCUT2D eigenvalue weighted by Gasteiger charge is 2.39. The Bertz CT molecular complexity index is 938. The second-order valence-electron chi connectivity index (χ2n) is 9.51. The van der Waals surface area contributed by atoms with Crippen LogP contribution in [0.1, 0.15) is 51.5 Å². The molecule has 1 fully saturated rings. The number of amides is 3. The fourth-order valence-electron chi connectivity index (χ4n) is 4.24. The molecular weight excluding hydrogens is 468 g/mol. The molecule has 1 aromatic rings. The van der Waals surface area contributed by atoms with Crippen molar-refractivity contribution in [1.82, 2.24) is 15.5 Å². The number of likely N-dealkylation sites (tertiary alicyclic amines) is 1. The molecule has 36 heavy (non-hydrogen) atoms. The molecule has 1 saturated heterocycles. The first kappa shape index (κ1) is 28.8. The molecule has 4 atom stereocenters. The Labute approximate surface area is 210 Å². The largest absolute Gasteiger partial charge is 0.481 e. The van der Waals surface area contributed by atoms with Crippen molar-refractivity contribution in [3.63, 3.8) is 0 Å². The summed E-state index contributed by atoms with van der Waals surface area (Å²) in [4.78, 5) is 63.0. The molecule has 1 heterocycles. The van der Waals surface area contributed by atoms with Crippen LogP contribution in [0, 0.1) is 5.92 Å². The first-order chi connectivity index (χ1) is 17.0. The van der Waals surface area contributed by atoms with E-state index in [4.69, 9.17) is 10.8 Å². The van der Waals surface area contributed by atoms with Gasteiger partial charge in [0.15, 0.2) is 0 Å². The van der Waals surface area contributed by atoms with Crippen LogP contribution in [0.3, 0.4) is 0 Å². The number of nitrogens with one attached hydrogen (secondary N) is 2. The van der Waals surface area contributed by atoms with Gasteiger partial charge in [0.2, 0.25) is 17.7 Å². The summed E-state index contributed by atoms with van der Waals surface area (Å²) < 4.78 is 0. The van der Waals surface area contributed by atoms with Crippen molar-refractivity contribution in [2.45, 2.75) is 76.5 Å². The van der Waals surface area contributed by atoms with Crippen molar-refractivity contribution in [2.75, 3.05) is 6.54 Å². The van der Waals surface area contributed by atoms with Crippen molar-refractivity contribution >= 4 is 29.7 Å². The number of carbonyl (C=O) groups is 5. The number of nitrogens with two attached hydrogens (primary N) is 1. The van der Waals surface area contributed by atoms with Gasteiger partial charge in [-0.15, -0.1) is 0 Å². The van der Waals surface area contributed by atoms with Crippen molar-refractivity contribution < 1.29 is 34.2 Å². The Kier molecular flexibility index (Phi) is 10.8. The molecule has 0 bridgehead atoms. The first-order valence-corrected chi connectivity index (χ1v) is 12.1. The third-order valence-corrected chi connectivity index (χ3v) is 6.06. The van der Waals surface area contributed by atoms with E-state index in [1.54, 1.807) is 0 Å². The molecule has 4 unspecified atom stereocenters. The number of nitrogens with zero attached hydrogens (tertiary/aromatic N) is 1. The van der Waals surface area contributed by atoms with Crippen molar-refractivity contribution in [3.8, 4) is 0 Å². The number of rotatable bonds is 13. The van der Waals surface area contributed by atoms with E-state index in [1.165, 1.54) is 4.90 Å². The molecule has 198 valence electrons. The summed E-state index contributed by atoms with van der Waals surface area (Å²) in [7, 11) is 0. The molecule has 3 amide bonds. The van der Waals surface area contributed by atoms with E-state index in [0.717, 1.165) is 5.56 Å². The molecular formula is C25H36N4O7. The van der Waals surface area contributed by atoms with Gasteiger partial charge in [-0.3, -0.25) is 19.2 Å². The van der Waals surface area contributed by atoms with Gasteiger partial charge >= 0.3 is 11.9 Å². The van der Waals surface area contributed by atoms with Crippen LogP contribution < -0.4 is 16.4 Å². The zero-order chi connectivity index (χ0) is 26.8. The smallest absolute Gasteiger partial charge is 0.326 e. The van der Waals surface area contributed by atoms with Crippen LogP contribution in [-0.4, -0.2) is 75.5 Å². The van der Waals surface area contributed by atoms with Gasteiger partial charge in [0.25, 0.3) is 0 Å². The van der Waals surface area contributed by atoms with Gasteiger partial charge in [0.05, 0.1) is 6.04 Å². The summed E-state index contributed by atoms with van der Waals surface area (Å²) in [5.41, 5.74) is 6.84. The maximum atomic E-state index is 13.6. The minimum absolute atomic E-state index is 0.184. The van der Waals surface area contributed by atoms with E-state index in [1.807, 2.05) is 44.2 Å². The summed E-state index contributed by atoms with van der Waals surface area (Å²) in [5, 5.41) is 23.3. The molecule has 0 radical (unpaired) electrons. The summed E-state index contributed by atoms with van der Waals surface area (Å²) in [5.74, 6) is -3.93. The number of carboxylic acids is 2. The molecule has 1 aromatic carbocycles. The normalized spacial score (nSPS) is 17.8. The zero-order valence-corrected chi connectivity index (χ0v) is 20.7. The lowest BCUT2D eigenvalue weighted by Gasteiger charge is -2.30. The number of carboxylic acid groups (broad SMARTS) is 2. The number of carbonyl (C=O) groups excluding carboxylic acids is 3. The summed E-state index contributed by atoms with van der Waals surface area (Å²) >= 11 is 0. The molecule has 0 saturated carbocycles. The predicted molar refractivity (Wildman–Crippen MR) is 131 cm³/mol. The SMILES string of the molecule is CC(C)CC(N)C(=O)NC(Cc1ccccc1)C(=O)N1CCCC1C(=O)NC(CCC(=O)O)C(=O)O. The van der Waals surface area contributed by atoms with Crippen LogP contribution >= 0.6 is 0 Å². The Balaban J connectivity index is 2.19. The van der Waals surface area contributed by atoms with Gasteiger partial charge < -0.3 is 31.5 Å². The van der Waals surface area contributed by atoms with Gasteiger partial charge in [0.1, 0.15) is 18.1 Å². The van der Waals surface area contributed by atoms with Crippen LogP contribution in [-0.2, 0) is 30.4 Å². The second kappa shape index (κ2) is 13.6. The van der Waals surface area contributed by atoms with Crippen LogP contribution in [0.25, 0.3) is 0 Å². The Morgan fingerprint density at radius 1 is 1.06 bits per heavy atom. The number of benzene rings is 1. The number of hydrogen-bond acceptors (Lipinski definition) is 6. The van der Waals surface area contributed by atoms with Crippen LogP contribution in [0.2, 0.25) is 0 Å². The fourth-order valence-corrected chi connectivity index (χ4v) is 4.24. The zero-order valence-electron chi connectivity index (χ0n) is 20.7. The molecule has 1 aliphatic rings. The van der Waals surface area contributed by atoms with Crippen LogP contribution in [0.5, 0.6) is 0 Å². The van der Waals surface area contributed by atoms with Crippen LogP contribution in [0.15, 0.2) is 30.3 Å². The highest BCUT2D eigenvalue weighted by atomic mass is 16.4. The summed E-state index contributed by atoms with van der Waals surface area (Å²) in [6.07, 6.45) is 0.780. The third kappa shape index (κ3) is 8.63. The van der Waals surface area contributed by atoms with Gasteiger partial charge in [0, 0.05) is 19.4 Å². The molecule has 0 spiro atoms. The minimum Gasteiger partial charge on any atom is -0.481 e. The number of hydrogen-bond donors (Lipinski definition) is 5. The summed E-state index contributed by atoms with van der Waals surface area (Å²) in [6.45, 7) is 4.14. The Hall–Kier alpha value is -3.47. The van der Waals surface area contributed by atoms with Gasteiger partial charge in [-0.05, 0) is 37.2 Å². The quantitative estimate of drug-likeness (QED) is 0.258. The average Bonchev–Trinajstić information content (AvgIpc) is 3.30. The van der Waals surface area contributed by atoms with E-state index in [9.17, 15) is 29.1 Å². The van der Waals surface area contributed by atoms with Crippen molar-refractivity contribution in [3.05, 3.63) is 35.9 Å². The monoisotopic (exact) mass is 504 g/mol. The maximum Gasteiger partial charge on any atom is 0.326 e. The molecule has 11 nitrogen and oxygen atoms in total. The Morgan fingerprint density at radius 3 is 2.31 bits per heavy atom. The topological polar surface area (TPSA) is 179 Å². The minimum atomic E-state index is -1.39.